The Morgan fingerprint density at radius 2 is 2.00 bits per heavy atom. The normalized spacial score (nSPS) is 13.4. The van der Waals surface area contributed by atoms with Crippen molar-refractivity contribution in [1.82, 2.24) is 5.32 Å². The van der Waals surface area contributed by atoms with Crippen LogP contribution >= 0.6 is 27.3 Å². The van der Waals surface area contributed by atoms with Crippen molar-refractivity contribution in [3.8, 4) is 0 Å². The third-order valence-electron chi connectivity index (χ3n) is 3.13. The molecule has 0 aliphatic rings. The summed E-state index contributed by atoms with van der Waals surface area (Å²) in [6.45, 7) is 4.59. The van der Waals surface area contributed by atoms with Crippen LogP contribution in [0.2, 0.25) is 0 Å². The van der Waals surface area contributed by atoms with E-state index in [1.165, 1.54) is 12.1 Å². The van der Waals surface area contributed by atoms with Crippen LogP contribution in [0.4, 0.5) is 13.2 Å². The Morgan fingerprint density at radius 3 is 2.52 bits per heavy atom. The zero-order chi connectivity index (χ0) is 15.6. The summed E-state index contributed by atoms with van der Waals surface area (Å²) in [6, 6.07) is 5.52. The van der Waals surface area contributed by atoms with E-state index >= 15 is 0 Å². The third-order valence-corrected chi connectivity index (χ3v) is 4.73. The van der Waals surface area contributed by atoms with Gasteiger partial charge in [0.1, 0.15) is 0 Å². The van der Waals surface area contributed by atoms with Gasteiger partial charge in [-0.1, -0.05) is 22.9 Å². The van der Waals surface area contributed by atoms with E-state index in [-0.39, 0.29) is 6.04 Å². The van der Waals surface area contributed by atoms with Crippen LogP contribution in [0.5, 0.6) is 0 Å². The molecule has 2 aromatic rings. The Kier molecular flexibility index (Phi) is 5.11. The molecule has 0 aliphatic heterocycles. The molecule has 0 saturated heterocycles. The van der Waals surface area contributed by atoms with Crippen molar-refractivity contribution >= 4 is 27.3 Å². The Balaban J connectivity index is 2.49. The molecule has 1 aromatic carbocycles. The van der Waals surface area contributed by atoms with E-state index in [0.29, 0.717) is 16.6 Å². The number of nitrogens with one attached hydrogen (secondary N) is 1. The molecular formula is C15H15BrF3NS. The topological polar surface area (TPSA) is 12.0 Å². The van der Waals surface area contributed by atoms with E-state index in [2.05, 4.69) is 21.2 Å². The van der Waals surface area contributed by atoms with Crippen LogP contribution in [0.15, 0.2) is 34.1 Å². The highest BCUT2D eigenvalue weighted by atomic mass is 79.9. The van der Waals surface area contributed by atoms with Crippen molar-refractivity contribution in [3.05, 3.63) is 55.7 Å². The first-order valence-electron chi connectivity index (χ1n) is 6.48. The van der Waals surface area contributed by atoms with Crippen LogP contribution in [0.25, 0.3) is 0 Å². The van der Waals surface area contributed by atoms with E-state index in [4.69, 9.17) is 0 Å². The summed E-state index contributed by atoms with van der Waals surface area (Å²) in [5, 5.41) is 5.24. The first-order chi connectivity index (χ1) is 9.82. The van der Waals surface area contributed by atoms with Gasteiger partial charge in [0, 0.05) is 9.35 Å². The van der Waals surface area contributed by atoms with Crippen LogP contribution in [0.1, 0.15) is 34.5 Å². The van der Waals surface area contributed by atoms with Gasteiger partial charge in [-0.25, -0.2) is 0 Å². The molecule has 0 radical (unpaired) electrons. The fraction of sp³-hybridized carbons (Fsp3) is 0.333. The molecule has 0 aliphatic carbocycles. The van der Waals surface area contributed by atoms with Gasteiger partial charge in [0.2, 0.25) is 0 Å². The number of benzene rings is 1. The highest BCUT2D eigenvalue weighted by molar-refractivity contribution is 9.10. The predicted octanol–water partition coefficient (Wildman–Crippen LogP) is 5.54. The minimum atomic E-state index is -4.34. The number of aryl methyl sites for hydroxylation is 1. The molecule has 0 bridgehead atoms. The Labute approximate surface area is 134 Å². The van der Waals surface area contributed by atoms with Gasteiger partial charge in [0.15, 0.2) is 0 Å². The number of thiophene rings is 1. The molecule has 0 amide bonds. The van der Waals surface area contributed by atoms with Crippen LogP contribution in [0.3, 0.4) is 0 Å². The summed E-state index contributed by atoms with van der Waals surface area (Å²) >= 11 is 4.96. The van der Waals surface area contributed by atoms with Gasteiger partial charge in [0.25, 0.3) is 0 Å². The van der Waals surface area contributed by atoms with E-state index in [9.17, 15) is 13.2 Å². The first-order valence-corrected chi connectivity index (χ1v) is 8.15. The van der Waals surface area contributed by atoms with Gasteiger partial charge in [0.05, 0.1) is 11.6 Å². The van der Waals surface area contributed by atoms with E-state index in [1.807, 2.05) is 25.3 Å². The summed E-state index contributed by atoms with van der Waals surface area (Å²) < 4.78 is 39.4. The maximum absolute atomic E-state index is 12.9. The molecule has 2 rings (SSSR count). The highest BCUT2D eigenvalue weighted by Gasteiger charge is 2.32. The predicted molar refractivity (Wildman–Crippen MR) is 83.7 cm³/mol. The minimum absolute atomic E-state index is 0.253. The molecule has 21 heavy (non-hydrogen) atoms. The van der Waals surface area contributed by atoms with E-state index in [1.54, 1.807) is 11.3 Å². The first kappa shape index (κ1) is 16.5. The zero-order valence-corrected chi connectivity index (χ0v) is 14.0. The Bertz CT molecular complexity index is 622. The highest BCUT2D eigenvalue weighted by Crippen LogP contribution is 2.36. The number of alkyl halides is 3. The SMILES string of the molecule is CCNC(c1csc(C)c1)c1cc(C(F)(F)F)ccc1Br. The van der Waals surface area contributed by atoms with Crippen LogP contribution in [-0.4, -0.2) is 6.54 Å². The van der Waals surface area contributed by atoms with Crippen molar-refractivity contribution < 1.29 is 13.2 Å². The molecule has 114 valence electrons. The number of hydrogen-bond acceptors (Lipinski definition) is 2. The molecule has 1 unspecified atom stereocenters. The molecule has 1 N–H and O–H groups in total. The monoisotopic (exact) mass is 377 g/mol. The number of halogens is 4. The molecular weight excluding hydrogens is 363 g/mol. The second kappa shape index (κ2) is 6.50. The van der Waals surface area contributed by atoms with Gasteiger partial charge in [-0.05, 0) is 54.2 Å². The second-order valence-electron chi connectivity index (χ2n) is 4.72. The lowest BCUT2D eigenvalue weighted by Gasteiger charge is -2.20. The summed E-state index contributed by atoms with van der Waals surface area (Å²) in [6.07, 6.45) is -4.34. The quantitative estimate of drug-likeness (QED) is 0.737. The van der Waals surface area contributed by atoms with Gasteiger partial charge < -0.3 is 5.32 Å². The standard InChI is InChI=1S/C15H15BrF3NS/c1-3-20-14(10-6-9(2)21-8-10)12-7-11(15(17,18)19)4-5-13(12)16/h4-8,14,20H,3H2,1-2H3. The molecule has 0 spiro atoms. The minimum Gasteiger partial charge on any atom is -0.306 e. The Hall–Kier alpha value is -0.850. The molecule has 1 heterocycles. The van der Waals surface area contributed by atoms with Crippen LogP contribution < -0.4 is 5.32 Å². The van der Waals surface area contributed by atoms with E-state index < -0.39 is 11.7 Å². The van der Waals surface area contributed by atoms with Crippen LogP contribution in [-0.2, 0) is 6.18 Å². The van der Waals surface area contributed by atoms with Gasteiger partial charge in [-0.3, -0.25) is 0 Å². The summed E-state index contributed by atoms with van der Waals surface area (Å²) in [4.78, 5) is 1.14. The maximum atomic E-state index is 12.9. The zero-order valence-electron chi connectivity index (χ0n) is 11.6. The molecule has 1 aromatic heterocycles. The number of rotatable bonds is 4. The van der Waals surface area contributed by atoms with Crippen molar-refractivity contribution in [1.29, 1.82) is 0 Å². The average Bonchev–Trinajstić information content (AvgIpc) is 2.82. The molecule has 6 heteroatoms. The van der Waals surface area contributed by atoms with Crippen molar-refractivity contribution in [3.63, 3.8) is 0 Å². The fourth-order valence-corrected chi connectivity index (χ4v) is 3.37. The largest absolute Gasteiger partial charge is 0.416 e. The maximum Gasteiger partial charge on any atom is 0.416 e. The smallest absolute Gasteiger partial charge is 0.306 e. The van der Waals surface area contributed by atoms with Gasteiger partial charge >= 0.3 is 6.18 Å². The number of hydrogen-bond donors (Lipinski definition) is 1. The molecule has 0 saturated carbocycles. The lowest BCUT2D eigenvalue weighted by molar-refractivity contribution is -0.137. The summed E-state index contributed by atoms with van der Waals surface area (Å²) in [5.74, 6) is 0. The third kappa shape index (κ3) is 3.87. The van der Waals surface area contributed by atoms with Crippen LogP contribution in [0, 0.1) is 6.92 Å². The van der Waals surface area contributed by atoms with Crippen molar-refractivity contribution in [2.75, 3.05) is 6.54 Å². The fourth-order valence-electron chi connectivity index (χ4n) is 2.17. The molecule has 1 atom stereocenters. The summed E-state index contributed by atoms with van der Waals surface area (Å²) in [5.41, 5.74) is 0.958. The van der Waals surface area contributed by atoms with E-state index in [0.717, 1.165) is 16.5 Å². The van der Waals surface area contributed by atoms with Crippen molar-refractivity contribution in [2.45, 2.75) is 26.1 Å². The lowest BCUT2D eigenvalue weighted by atomic mass is 9.98. The second-order valence-corrected chi connectivity index (χ2v) is 6.69. The van der Waals surface area contributed by atoms with Gasteiger partial charge in [-0.2, -0.15) is 13.2 Å². The lowest BCUT2D eigenvalue weighted by Crippen LogP contribution is -2.22. The van der Waals surface area contributed by atoms with Gasteiger partial charge in [-0.15, -0.1) is 11.3 Å². The Morgan fingerprint density at radius 1 is 1.29 bits per heavy atom. The average molecular weight is 378 g/mol. The molecule has 0 fully saturated rings. The van der Waals surface area contributed by atoms with Crippen molar-refractivity contribution in [2.24, 2.45) is 0 Å². The summed E-state index contributed by atoms with van der Waals surface area (Å²) in [7, 11) is 0. The molecule has 1 nitrogen and oxygen atoms in total.